The number of hydrogen-bond acceptors (Lipinski definition) is 8. The van der Waals surface area contributed by atoms with Crippen LogP contribution in [0.3, 0.4) is 0 Å². The second-order valence-corrected chi connectivity index (χ2v) is 7.54. The molecular formula is C22H20N4O4S. The minimum atomic E-state index is -0.258. The fraction of sp³-hybridized carbons (Fsp3) is 0.182. The molecule has 31 heavy (non-hydrogen) atoms. The highest BCUT2D eigenvalue weighted by molar-refractivity contribution is 7.13. The number of hydrazone groups is 1. The van der Waals surface area contributed by atoms with Gasteiger partial charge in [0, 0.05) is 23.9 Å². The lowest BCUT2D eigenvalue weighted by Gasteiger charge is -2.12. The molecule has 4 rings (SSSR count). The third-order valence-electron chi connectivity index (χ3n) is 4.82. The summed E-state index contributed by atoms with van der Waals surface area (Å²) in [5, 5.41) is 6.70. The average molecular weight is 436 g/mol. The molecule has 0 saturated carbocycles. The zero-order valence-electron chi connectivity index (χ0n) is 17.0. The molecule has 1 aliphatic heterocycles. The molecular weight excluding hydrogens is 416 g/mol. The van der Waals surface area contributed by atoms with Gasteiger partial charge in [-0.25, -0.2) is 4.98 Å². The summed E-state index contributed by atoms with van der Waals surface area (Å²) in [6, 6.07) is 12.3. The maximum absolute atomic E-state index is 12.4. The molecule has 8 nitrogen and oxygen atoms in total. The van der Waals surface area contributed by atoms with E-state index in [2.05, 4.69) is 15.5 Å². The van der Waals surface area contributed by atoms with Crippen LogP contribution in [0.1, 0.15) is 32.0 Å². The summed E-state index contributed by atoms with van der Waals surface area (Å²) in [5.41, 5.74) is 5.34. The van der Waals surface area contributed by atoms with E-state index in [9.17, 15) is 9.59 Å². The van der Waals surface area contributed by atoms with Crippen molar-refractivity contribution in [2.75, 3.05) is 26.2 Å². The summed E-state index contributed by atoms with van der Waals surface area (Å²) in [5.74, 6) is 0.857. The Morgan fingerprint density at radius 2 is 1.84 bits per heavy atom. The Bertz CT molecular complexity index is 1120. The third-order valence-corrected chi connectivity index (χ3v) is 5.62. The SMILES string of the molecule is COc1ccc(OC)c(C=NNc2nc(CCN3C(=O)c4ccccc4C3=O)cs2)c1. The third kappa shape index (κ3) is 4.26. The number of imide groups is 1. The normalized spacial score (nSPS) is 13.0. The number of benzene rings is 2. The van der Waals surface area contributed by atoms with Crippen molar-refractivity contribution >= 4 is 34.5 Å². The Hall–Kier alpha value is -3.72. The monoisotopic (exact) mass is 436 g/mol. The van der Waals surface area contributed by atoms with Crippen LogP contribution in [0.4, 0.5) is 5.13 Å². The predicted octanol–water partition coefficient (Wildman–Crippen LogP) is 3.45. The molecule has 3 aromatic rings. The fourth-order valence-electron chi connectivity index (χ4n) is 3.24. The van der Waals surface area contributed by atoms with Gasteiger partial charge in [-0.3, -0.25) is 19.9 Å². The Kier molecular flexibility index (Phi) is 5.94. The average Bonchev–Trinajstić information content (AvgIpc) is 3.35. The summed E-state index contributed by atoms with van der Waals surface area (Å²) in [6.45, 7) is 0.278. The fourth-order valence-corrected chi connectivity index (χ4v) is 3.93. The van der Waals surface area contributed by atoms with Gasteiger partial charge in [0.15, 0.2) is 0 Å². The van der Waals surface area contributed by atoms with Crippen molar-refractivity contribution < 1.29 is 19.1 Å². The van der Waals surface area contributed by atoms with Crippen molar-refractivity contribution in [3.63, 3.8) is 0 Å². The van der Waals surface area contributed by atoms with Crippen LogP contribution in [0.5, 0.6) is 11.5 Å². The summed E-state index contributed by atoms with van der Waals surface area (Å²) >= 11 is 1.39. The molecule has 0 unspecified atom stereocenters. The minimum absolute atomic E-state index is 0.258. The molecule has 158 valence electrons. The van der Waals surface area contributed by atoms with Crippen LogP contribution in [0.25, 0.3) is 0 Å². The first kappa shape index (κ1) is 20.5. The molecule has 2 amide bonds. The Balaban J connectivity index is 1.36. The number of carbonyl (C=O) groups is 2. The van der Waals surface area contributed by atoms with E-state index in [1.807, 2.05) is 17.5 Å². The Labute approximate surface area is 183 Å². The molecule has 1 N–H and O–H groups in total. The van der Waals surface area contributed by atoms with Gasteiger partial charge < -0.3 is 9.47 Å². The molecule has 1 aromatic heterocycles. The quantitative estimate of drug-likeness (QED) is 0.330. The van der Waals surface area contributed by atoms with Gasteiger partial charge in [-0.1, -0.05) is 12.1 Å². The number of anilines is 1. The molecule has 0 fully saturated rings. The lowest BCUT2D eigenvalue weighted by Crippen LogP contribution is -2.31. The Morgan fingerprint density at radius 1 is 1.10 bits per heavy atom. The van der Waals surface area contributed by atoms with Crippen molar-refractivity contribution in [2.45, 2.75) is 6.42 Å². The number of rotatable bonds is 8. The number of hydrogen-bond donors (Lipinski definition) is 1. The van der Waals surface area contributed by atoms with Gasteiger partial charge in [0.1, 0.15) is 11.5 Å². The number of thiazole rings is 1. The highest BCUT2D eigenvalue weighted by Gasteiger charge is 2.34. The molecule has 0 saturated heterocycles. The highest BCUT2D eigenvalue weighted by Crippen LogP contribution is 2.24. The van der Waals surface area contributed by atoms with Gasteiger partial charge in [0.2, 0.25) is 5.13 Å². The number of aromatic nitrogens is 1. The summed E-state index contributed by atoms with van der Waals surface area (Å²) in [7, 11) is 3.19. The molecule has 1 aliphatic rings. The maximum Gasteiger partial charge on any atom is 0.261 e. The highest BCUT2D eigenvalue weighted by atomic mass is 32.1. The van der Waals surface area contributed by atoms with Gasteiger partial charge in [-0.2, -0.15) is 5.10 Å². The van der Waals surface area contributed by atoms with Gasteiger partial charge in [-0.05, 0) is 30.3 Å². The van der Waals surface area contributed by atoms with Crippen LogP contribution < -0.4 is 14.9 Å². The van der Waals surface area contributed by atoms with E-state index in [1.54, 1.807) is 50.8 Å². The van der Waals surface area contributed by atoms with Crippen LogP contribution in [-0.2, 0) is 6.42 Å². The van der Waals surface area contributed by atoms with Crippen LogP contribution >= 0.6 is 11.3 Å². The summed E-state index contributed by atoms with van der Waals surface area (Å²) < 4.78 is 10.6. The first-order valence-electron chi connectivity index (χ1n) is 9.51. The second-order valence-electron chi connectivity index (χ2n) is 6.68. The Morgan fingerprint density at radius 3 is 2.52 bits per heavy atom. The van der Waals surface area contributed by atoms with Crippen LogP contribution in [0, 0.1) is 0 Å². The number of ether oxygens (including phenoxy) is 2. The number of amides is 2. The van der Waals surface area contributed by atoms with Crippen molar-refractivity contribution in [2.24, 2.45) is 5.10 Å². The minimum Gasteiger partial charge on any atom is -0.497 e. The lowest BCUT2D eigenvalue weighted by molar-refractivity contribution is 0.0656. The molecule has 2 heterocycles. The number of nitrogens with one attached hydrogen (secondary N) is 1. The molecule has 0 radical (unpaired) electrons. The van der Waals surface area contributed by atoms with E-state index < -0.39 is 0 Å². The van der Waals surface area contributed by atoms with Crippen molar-refractivity contribution in [3.05, 3.63) is 70.2 Å². The van der Waals surface area contributed by atoms with E-state index in [4.69, 9.17) is 9.47 Å². The van der Waals surface area contributed by atoms with E-state index in [1.165, 1.54) is 16.2 Å². The van der Waals surface area contributed by atoms with Gasteiger partial charge >= 0.3 is 0 Å². The van der Waals surface area contributed by atoms with Gasteiger partial charge in [0.05, 0.1) is 37.3 Å². The zero-order valence-corrected chi connectivity index (χ0v) is 17.8. The smallest absolute Gasteiger partial charge is 0.261 e. The lowest BCUT2D eigenvalue weighted by atomic mass is 10.1. The van der Waals surface area contributed by atoms with Crippen LogP contribution in [-0.4, -0.2) is 48.7 Å². The topological polar surface area (TPSA) is 93.1 Å². The van der Waals surface area contributed by atoms with Crippen molar-refractivity contribution in [1.29, 1.82) is 0 Å². The molecule has 0 atom stereocenters. The number of fused-ring (bicyclic) bond motifs is 1. The maximum atomic E-state index is 12.4. The van der Waals surface area contributed by atoms with Crippen LogP contribution in [0.15, 0.2) is 52.9 Å². The van der Waals surface area contributed by atoms with E-state index in [-0.39, 0.29) is 18.4 Å². The van der Waals surface area contributed by atoms with Crippen molar-refractivity contribution in [3.8, 4) is 11.5 Å². The summed E-state index contributed by atoms with van der Waals surface area (Å²) in [4.78, 5) is 30.6. The standard InChI is InChI=1S/C22H20N4O4S/c1-29-16-7-8-19(30-2)14(11-16)12-23-25-22-24-15(13-31-22)9-10-26-20(27)17-5-3-4-6-18(17)21(26)28/h3-8,11-13H,9-10H2,1-2H3,(H,24,25). The summed E-state index contributed by atoms with van der Waals surface area (Å²) in [6.07, 6.45) is 2.10. The second kappa shape index (κ2) is 8.97. The molecule has 2 aromatic carbocycles. The van der Waals surface area contributed by atoms with E-state index in [0.29, 0.717) is 34.2 Å². The molecule has 9 heteroatoms. The largest absolute Gasteiger partial charge is 0.497 e. The molecule has 0 bridgehead atoms. The first-order chi connectivity index (χ1) is 15.1. The van der Waals surface area contributed by atoms with Crippen molar-refractivity contribution in [1.82, 2.24) is 9.88 Å². The number of nitrogens with zero attached hydrogens (tertiary/aromatic N) is 3. The van der Waals surface area contributed by atoms with Gasteiger partial charge in [-0.15, -0.1) is 11.3 Å². The number of carbonyl (C=O) groups excluding carboxylic acids is 2. The zero-order chi connectivity index (χ0) is 21.8. The first-order valence-corrected chi connectivity index (χ1v) is 10.4. The molecule has 0 spiro atoms. The van der Waals surface area contributed by atoms with Gasteiger partial charge in [0.25, 0.3) is 11.8 Å². The molecule has 0 aliphatic carbocycles. The predicted molar refractivity (Wildman–Crippen MR) is 118 cm³/mol. The number of methoxy groups -OCH3 is 2. The van der Waals surface area contributed by atoms with E-state index in [0.717, 1.165) is 11.3 Å². The van der Waals surface area contributed by atoms with E-state index >= 15 is 0 Å². The van der Waals surface area contributed by atoms with Crippen LogP contribution in [0.2, 0.25) is 0 Å².